The maximum atomic E-state index is 11.0. The van der Waals surface area contributed by atoms with Gasteiger partial charge in [-0.15, -0.1) is 0 Å². The molecule has 2 aliphatic rings. The number of carbonyl (C=O) groups is 1. The van der Waals surface area contributed by atoms with Gasteiger partial charge in [-0.25, -0.2) is 0 Å². The second kappa shape index (κ2) is 2.33. The average Bonchev–Trinajstić information content (AvgIpc) is 2.78. The van der Waals surface area contributed by atoms with Gasteiger partial charge in [0.2, 0.25) is 0 Å². The summed E-state index contributed by atoms with van der Waals surface area (Å²) in [5.41, 5.74) is 0.125. The zero-order valence-corrected chi connectivity index (χ0v) is 7.18. The highest BCUT2D eigenvalue weighted by Crippen LogP contribution is 2.56. The van der Waals surface area contributed by atoms with E-state index in [2.05, 4.69) is 6.92 Å². The third-order valence-corrected chi connectivity index (χ3v) is 3.72. The molecule has 0 saturated heterocycles. The molecule has 2 saturated carbocycles. The van der Waals surface area contributed by atoms with E-state index in [1.807, 2.05) is 0 Å². The first-order valence-corrected chi connectivity index (χ1v) is 4.76. The van der Waals surface area contributed by atoms with Crippen LogP contribution in [-0.4, -0.2) is 6.29 Å². The van der Waals surface area contributed by atoms with Gasteiger partial charge in [-0.2, -0.15) is 0 Å². The van der Waals surface area contributed by atoms with Crippen LogP contribution in [0.4, 0.5) is 0 Å². The number of rotatable bonds is 2. The Morgan fingerprint density at radius 2 is 2.09 bits per heavy atom. The molecule has 11 heavy (non-hydrogen) atoms. The molecule has 2 unspecified atom stereocenters. The van der Waals surface area contributed by atoms with E-state index in [1.54, 1.807) is 0 Å². The van der Waals surface area contributed by atoms with Gasteiger partial charge in [-0.3, -0.25) is 0 Å². The van der Waals surface area contributed by atoms with Gasteiger partial charge >= 0.3 is 0 Å². The van der Waals surface area contributed by atoms with E-state index in [0.717, 1.165) is 5.92 Å². The maximum absolute atomic E-state index is 11.0. The quantitative estimate of drug-likeness (QED) is 0.555. The van der Waals surface area contributed by atoms with Crippen LogP contribution in [-0.2, 0) is 4.79 Å². The van der Waals surface area contributed by atoms with Gasteiger partial charge in [0.15, 0.2) is 0 Å². The Morgan fingerprint density at radius 1 is 1.36 bits per heavy atom. The molecule has 0 amide bonds. The molecule has 0 N–H and O–H groups in total. The van der Waals surface area contributed by atoms with Gasteiger partial charge in [0.25, 0.3) is 0 Å². The zero-order valence-electron chi connectivity index (χ0n) is 7.18. The van der Waals surface area contributed by atoms with Crippen LogP contribution in [0.15, 0.2) is 0 Å². The third kappa shape index (κ3) is 0.935. The fraction of sp³-hybridized carbons (Fsp3) is 0.900. The lowest BCUT2D eigenvalue weighted by molar-refractivity contribution is -0.119. The van der Waals surface area contributed by atoms with Gasteiger partial charge in [0, 0.05) is 5.41 Å². The van der Waals surface area contributed by atoms with Gasteiger partial charge in [0.1, 0.15) is 6.29 Å². The summed E-state index contributed by atoms with van der Waals surface area (Å²) < 4.78 is 0. The lowest BCUT2D eigenvalue weighted by atomic mass is 9.76. The van der Waals surface area contributed by atoms with Crippen LogP contribution in [0.5, 0.6) is 0 Å². The van der Waals surface area contributed by atoms with Crippen molar-refractivity contribution in [1.82, 2.24) is 0 Å². The molecule has 0 aromatic heterocycles. The summed E-state index contributed by atoms with van der Waals surface area (Å²) in [5, 5.41) is 0. The Labute approximate surface area is 68.2 Å². The van der Waals surface area contributed by atoms with Crippen molar-refractivity contribution in [1.29, 1.82) is 0 Å². The molecule has 0 bridgehead atoms. The van der Waals surface area contributed by atoms with Crippen molar-refractivity contribution in [3.8, 4) is 0 Å². The molecule has 1 nitrogen and oxygen atoms in total. The second-order valence-corrected chi connectivity index (χ2v) is 4.30. The Kier molecular flexibility index (Phi) is 1.55. The van der Waals surface area contributed by atoms with Crippen molar-refractivity contribution in [2.24, 2.45) is 17.3 Å². The highest BCUT2D eigenvalue weighted by atomic mass is 16.1. The van der Waals surface area contributed by atoms with Gasteiger partial charge in [0.05, 0.1) is 0 Å². The largest absolute Gasteiger partial charge is 0.303 e. The van der Waals surface area contributed by atoms with Crippen LogP contribution in [0.2, 0.25) is 0 Å². The molecular formula is C10H16O. The van der Waals surface area contributed by atoms with Crippen molar-refractivity contribution in [2.45, 2.75) is 39.0 Å². The van der Waals surface area contributed by atoms with Crippen molar-refractivity contribution in [2.75, 3.05) is 0 Å². The first-order valence-electron chi connectivity index (χ1n) is 4.76. The molecule has 0 aromatic rings. The molecule has 2 fully saturated rings. The highest BCUT2D eigenvalue weighted by molar-refractivity contribution is 5.62. The lowest BCUT2D eigenvalue weighted by Crippen LogP contribution is -2.27. The fourth-order valence-corrected chi connectivity index (χ4v) is 2.73. The molecule has 2 rings (SSSR count). The number of carbonyl (C=O) groups excluding carboxylic acids is 1. The number of aldehydes is 1. The Morgan fingerprint density at radius 3 is 2.45 bits per heavy atom. The Hall–Kier alpha value is -0.330. The minimum absolute atomic E-state index is 0.125. The average molecular weight is 152 g/mol. The molecule has 0 spiro atoms. The normalized spacial score (nSPS) is 44.3. The molecule has 2 aliphatic carbocycles. The van der Waals surface area contributed by atoms with Crippen LogP contribution < -0.4 is 0 Å². The van der Waals surface area contributed by atoms with E-state index in [9.17, 15) is 4.79 Å². The van der Waals surface area contributed by atoms with E-state index in [4.69, 9.17) is 0 Å². The van der Waals surface area contributed by atoms with Gasteiger partial charge in [-0.05, 0) is 37.5 Å². The van der Waals surface area contributed by atoms with Crippen molar-refractivity contribution < 1.29 is 4.79 Å². The van der Waals surface area contributed by atoms with Crippen molar-refractivity contribution in [3.05, 3.63) is 0 Å². The fourth-order valence-electron chi connectivity index (χ4n) is 2.73. The van der Waals surface area contributed by atoms with E-state index in [1.165, 1.54) is 38.4 Å². The maximum Gasteiger partial charge on any atom is 0.126 e. The van der Waals surface area contributed by atoms with Crippen molar-refractivity contribution >= 4 is 6.29 Å². The van der Waals surface area contributed by atoms with Crippen LogP contribution in [0.25, 0.3) is 0 Å². The van der Waals surface area contributed by atoms with Crippen LogP contribution in [0.1, 0.15) is 39.0 Å². The molecule has 0 aromatic carbocycles. The standard InChI is InChI=1S/C10H16O/c1-8-3-2-6-10(8,7-11)9-4-5-9/h7-9H,2-6H2,1H3. The molecule has 1 heteroatoms. The highest BCUT2D eigenvalue weighted by Gasteiger charge is 2.50. The topological polar surface area (TPSA) is 17.1 Å². The first-order chi connectivity index (χ1) is 5.29. The van der Waals surface area contributed by atoms with E-state index >= 15 is 0 Å². The smallest absolute Gasteiger partial charge is 0.126 e. The lowest BCUT2D eigenvalue weighted by Gasteiger charge is -2.27. The van der Waals surface area contributed by atoms with Gasteiger partial charge < -0.3 is 4.79 Å². The molecule has 2 atom stereocenters. The summed E-state index contributed by atoms with van der Waals surface area (Å²) in [6.07, 6.45) is 7.60. The third-order valence-electron chi connectivity index (χ3n) is 3.72. The summed E-state index contributed by atoms with van der Waals surface area (Å²) in [5.74, 6) is 1.42. The molecule has 0 heterocycles. The summed E-state index contributed by atoms with van der Waals surface area (Å²) in [6, 6.07) is 0. The predicted molar refractivity (Wildman–Crippen MR) is 44.2 cm³/mol. The van der Waals surface area contributed by atoms with Crippen molar-refractivity contribution in [3.63, 3.8) is 0 Å². The minimum Gasteiger partial charge on any atom is -0.303 e. The van der Waals surface area contributed by atoms with Crippen LogP contribution >= 0.6 is 0 Å². The summed E-state index contributed by atoms with van der Waals surface area (Å²) >= 11 is 0. The monoisotopic (exact) mass is 152 g/mol. The second-order valence-electron chi connectivity index (χ2n) is 4.30. The van der Waals surface area contributed by atoms with Crippen LogP contribution in [0, 0.1) is 17.3 Å². The number of hydrogen-bond donors (Lipinski definition) is 0. The Bertz CT molecular complexity index is 172. The zero-order chi connectivity index (χ0) is 7.90. The van der Waals surface area contributed by atoms with Gasteiger partial charge in [-0.1, -0.05) is 13.3 Å². The summed E-state index contributed by atoms with van der Waals surface area (Å²) in [6.45, 7) is 2.25. The van der Waals surface area contributed by atoms with E-state index < -0.39 is 0 Å². The van der Waals surface area contributed by atoms with E-state index in [-0.39, 0.29) is 5.41 Å². The number of hydrogen-bond acceptors (Lipinski definition) is 1. The molecule has 0 aliphatic heterocycles. The molecule has 62 valence electrons. The molecular weight excluding hydrogens is 136 g/mol. The van der Waals surface area contributed by atoms with E-state index in [0.29, 0.717) is 5.92 Å². The molecule has 0 radical (unpaired) electrons. The summed E-state index contributed by atoms with van der Waals surface area (Å²) in [7, 11) is 0. The predicted octanol–water partition coefficient (Wildman–Crippen LogP) is 2.40. The first kappa shape index (κ1) is 7.33. The minimum atomic E-state index is 0.125. The Balaban J connectivity index is 2.19. The summed E-state index contributed by atoms with van der Waals surface area (Å²) in [4.78, 5) is 11.0. The van der Waals surface area contributed by atoms with Crippen LogP contribution in [0.3, 0.4) is 0 Å². The SMILES string of the molecule is CC1CCCC1(C=O)C1CC1.